The lowest BCUT2D eigenvalue weighted by Gasteiger charge is -2.27. The van der Waals surface area contributed by atoms with E-state index in [9.17, 15) is 19.5 Å². The molecule has 0 radical (unpaired) electrons. The van der Waals surface area contributed by atoms with E-state index in [1.807, 2.05) is 44.2 Å². The van der Waals surface area contributed by atoms with Gasteiger partial charge in [0.2, 0.25) is 0 Å². The number of anilines is 1. The molecule has 0 bridgehead atoms. The van der Waals surface area contributed by atoms with Crippen LogP contribution in [-0.2, 0) is 11.8 Å². The molecule has 1 aromatic heterocycles. The number of benzene rings is 3. The number of hydrogen-bond donors (Lipinski definition) is 1. The molecule has 0 spiro atoms. The number of carboxylic acids is 1. The summed E-state index contributed by atoms with van der Waals surface area (Å²) in [7, 11) is 1.78. The monoisotopic (exact) mass is 512 g/mol. The molecule has 1 atom stereocenters. The molecule has 4 aromatic rings. The van der Waals surface area contributed by atoms with Gasteiger partial charge in [-0.1, -0.05) is 32.0 Å². The first-order valence-corrected chi connectivity index (χ1v) is 12.4. The zero-order valence-electron chi connectivity index (χ0n) is 21.4. The quantitative estimate of drug-likeness (QED) is 0.307. The number of aryl methyl sites for hydroxylation is 1. The third-order valence-corrected chi connectivity index (χ3v) is 6.59. The summed E-state index contributed by atoms with van der Waals surface area (Å²) in [5.74, 6) is 0.670. The van der Waals surface area contributed by atoms with Gasteiger partial charge in [0.05, 0.1) is 22.6 Å². The van der Waals surface area contributed by atoms with Crippen molar-refractivity contribution in [2.45, 2.75) is 26.3 Å². The van der Waals surface area contributed by atoms with Gasteiger partial charge >= 0.3 is 12.0 Å². The third kappa shape index (κ3) is 4.70. The lowest BCUT2D eigenvalue weighted by molar-refractivity contribution is -0.127. The minimum absolute atomic E-state index is 0.0839. The fraction of sp³-hybridized carbons (Fsp3) is 0.241. The molecular formula is C29H28N4O5. The van der Waals surface area contributed by atoms with Gasteiger partial charge in [-0.25, -0.2) is 14.6 Å². The first-order chi connectivity index (χ1) is 18.2. The minimum Gasteiger partial charge on any atom is -0.478 e. The third-order valence-electron chi connectivity index (χ3n) is 6.59. The lowest BCUT2D eigenvalue weighted by Crippen LogP contribution is -2.38. The maximum absolute atomic E-state index is 13.6. The van der Waals surface area contributed by atoms with Crippen LogP contribution in [0, 0.1) is 5.92 Å². The Morgan fingerprint density at radius 2 is 1.68 bits per heavy atom. The first-order valence-electron chi connectivity index (χ1n) is 12.4. The highest BCUT2D eigenvalue weighted by Crippen LogP contribution is 2.35. The molecule has 38 heavy (non-hydrogen) atoms. The zero-order chi connectivity index (χ0) is 27.0. The molecule has 1 aliphatic rings. The number of urea groups is 1. The van der Waals surface area contributed by atoms with E-state index in [0.717, 1.165) is 0 Å². The summed E-state index contributed by atoms with van der Waals surface area (Å²) < 4.78 is 7.61. The number of amides is 3. The number of carbonyl (C=O) groups is 3. The number of imide groups is 1. The highest BCUT2D eigenvalue weighted by molar-refractivity contribution is 6.12. The van der Waals surface area contributed by atoms with Crippen LogP contribution in [-0.4, -0.2) is 44.0 Å². The summed E-state index contributed by atoms with van der Waals surface area (Å²) in [4.78, 5) is 45.8. The van der Waals surface area contributed by atoms with Crippen LogP contribution in [0.15, 0.2) is 72.8 Å². The molecule has 2 heterocycles. The average molecular weight is 513 g/mol. The first kappa shape index (κ1) is 25.0. The Bertz CT molecular complexity index is 1510. The standard InChI is InChI=1S/C29H28N4O5/c1-18(2)15-25(27-30-23-14-9-19(28(35)36)16-24(23)31(27)3)33-26(34)17-32(29(33)37)20-10-12-22(13-11-20)38-21-7-5-4-6-8-21/h4-14,16,18,25H,15,17H2,1-3H3,(H,35,36)/t25-/m1/s1. The SMILES string of the molecule is CC(C)C[C@H](c1nc2ccc(C(=O)O)cc2n1C)N1C(=O)CN(c2ccc(Oc3ccccc3)cc2)C1=O. The molecule has 194 valence electrons. The topological polar surface area (TPSA) is 105 Å². The van der Waals surface area contributed by atoms with Gasteiger partial charge in [-0.05, 0) is 66.9 Å². The number of para-hydroxylation sites is 1. The lowest BCUT2D eigenvalue weighted by atomic mass is 10.0. The highest BCUT2D eigenvalue weighted by atomic mass is 16.5. The van der Waals surface area contributed by atoms with Crippen LogP contribution in [0.1, 0.15) is 42.5 Å². The molecule has 0 aliphatic carbocycles. The van der Waals surface area contributed by atoms with Gasteiger partial charge in [-0.3, -0.25) is 14.6 Å². The van der Waals surface area contributed by atoms with E-state index in [0.29, 0.717) is 40.5 Å². The molecule has 0 saturated carbocycles. The van der Waals surface area contributed by atoms with Crippen LogP contribution in [0.2, 0.25) is 0 Å². The van der Waals surface area contributed by atoms with Crippen molar-refractivity contribution < 1.29 is 24.2 Å². The van der Waals surface area contributed by atoms with Crippen molar-refractivity contribution in [3.05, 3.63) is 84.2 Å². The number of carbonyl (C=O) groups excluding carboxylic acids is 2. The Morgan fingerprint density at radius 3 is 2.34 bits per heavy atom. The predicted octanol–water partition coefficient (Wildman–Crippen LogP) is 5.62. The Kier molecular flexibility index (Phi) is 6.59. The summed E-state index contributed by atoms with van der Waals surface area (Å²) in [5.41, 5.74) is 1.96. The zero-order valence-corrected chi connectivity index (χ0v) is 21.4. The van der Waals surface area contributed by atoms with E-state index in [1.54, 1.807) is 48.0 Å². The maximum Gasteiger partial charge on any atom is 0.335 e. The van der Waals surface area contributed by atoms with Gasteiger partial charge in [0, 0.05) is 12.7 Å². The van der Waals surface area contributed by atoms with Crippen molar-refractivity contribution in [2.75, 3.05) is 11.4 Å². The van der Waals surface area contributed by atoms with Crippen molar-refractivity contribution in [3.63, 3.8) is 0 Å². The van der Waals surface area contributed by atoms with E-state index in [1.165, 1.54) is 15.9 Å². The second-order valence-corrected chi connectivity index (χ2v) is 9.72. The number of imidazole rings is 1. The number of ether oxygens (including phenoxy) is 1. The van der Waals surface area contributed by atoms with Crippen LogP contribution in [0.4, 0.5) is 10.5 Å². The van der Waals surface area contributed by atoms with E-state index >= 15 is 0 Å². The summed E-state index contributed by atoms with van der Waals surface area (Å²) in [6.07, 6.45) is 0.512. The van der Waals surface area contributed by atoms with Crippen molar-refractivity contribution in [1.29, 1.82) is 0 Å². The summed E-state index contributed by atoms with van der Waals surface area (Å²) in [6, 6.07) is 20.1. The summed E-state index contributed by atoms with van der Waals surface area (Å²) >= 11 is 0. The molecule has 5 rings (SSSR count). The molecule has 1 saturated heterocycles. The van der Waals surface area contributed by atoms with Crippen LogP contribution < -0.4 is 9.64 Å². The van der Waals surface area contributed by atoms with Crippen molar-refractivity contribution in [3.8, 4) is 11.5 Å². The number of fused-ring (bicyclic) bond motifs is 1. The summed E-state index contributed by atoms with van der Waals surface area (Å²) in [5, 5.41) is 9.40. The van der Waals surface area contributed by atoms with Crippen LogP contribution >= 0.6 is 0 Å². The van der Waals surface area contributed by atoms with Crippen molar-refractivity contribution in [1.82, 2.24) is 14.5 Å². The van der Waals surface area contributed by atoms with Gasteiger partial charge < -0.3 is 14.4 Å². The maximum atomic E-state index is 13.6. The van der Waals surface area contributed by atoms with Gasteiger partial charge in [0.15, 0.2) is 0 Å². The molecule has 9 nitrogen and oxygen atoms in total. The Balaban J connectivity index is 1.44. The molecule has 1 aliphatic heterocycles. The van der Waals surface area contributed by atoms with Crippen LogP contribution in [0.25, 0.3) is 11.0 Å². The molecule has 0 unspecified atom stereocenters. The Morgan fingerprint density at radius 1 is 1.00 bits per heavy atom. The number of nitrogens with zero attached hydrogens (tertiary/aromatic N) is 4. The van der Waals surface area contributed by atoms with Crippen molar-refractivity contribution >= 4 is 34.6 Å². The van der Waals surface area contributed by atoms with E-state index < -0.39 is 18.0 Å². The number of rotatable bonds is 8. The van der Waals surface area contributed by atoms with E-state index in [4.69, 9.17) is 9.72 Å². The van der Waals surface area contributed by atoms with Gasteiger partial charge in [0.25, 0.3) is 5.91 Å². The van der Waals surface area contributed by atoms with Crippen molar-refractivity contribution in [2.24, 2.45) is 13.0 Å². The number of hydrogen-bond acceptors (Lipinski definition) is 5. The van der Waals surface area contributed by atoms with E-state index in [2.05, 4.69) is 0 Å². The fourth-order valence-electron chi connectivity index (χ4n) is 4.76. The second-order valence-electron chi connectivity index (χ2n) is 9.72. The number of aromatic carboxylic acids is 1. The van der Waals surface area contributed by atoms with Gasteiger partial charge in [-0.2, -0.15) is 0 Å². The predicted molar refractivity (Wildman–Crippen MR) is 142 cm³/mol. The molecule has 9 heteroatoms. The van der Waals surface area contributed by atoms with Crippen LogP contribution in [0.5, 0.6) is 11.5 Å². The molecule has 3 amide bonds. The smallest absolute Gasteiger partial charge is 0.335 e. The highest BCUT2D eigenvalue weighted by Gasteiger charge is 2.43. The normalized spacial score (nSPS) is 14.5. The Hall–Kier alpha value is -4.66. The Labute approximate surface area is 219 Å². The molecule has 1 fully saturated rings. The van der Waals surface area contributed by atoms with Gasteiger partial charge in [-0.15, -0.1) is 0 Å². The molecule has 3 aromatic carbocycles. The second kappa shape index (κ2) is 10.0. The fourth-order valence-corrected chi connectivity index (χ4v) is 4.76. The summed E-state index contributed by atoms with van der Waals surface area (Å²) in [6.45, 7) is 3.96. The average Bonchev–Trinajstić information content (AvgIpc) is 3.38. The largest absolute Gasteiger partial charge is 0.478 e. The van der Waals surface area contributed by atoms with Crippen LogP contribution in [0.3, 0.4) is 0 Å². The molecular weight excluding hydrogens is 484 g/mol. The number of aromatic nitrogens is 2. The van der Waals surface area contributed by atoms with Gasteiger partial charge in [0.1, 0.15) is 23.9 Å². The van der Waals surface area contributed by atoms with E-state index in [-0.39, 0.29) is 23.9 Å². The number of carboxylic acid groups (broad SMARTS) is 1. The minimum atomic E-state index is -1.03. The molecule has 1 N–H and O–H groups in total.